The summed E-state index contributed by atoms with van der Waals surface area (Å²) in [4.78, 5) is 0. The van der Waals surface area contributed by atoms with Gasteiger partial charge in [-0.05, 0) is 0 Å². The molecule has 0 unspecified atom stereocenters. The lowest BCUT2D eigenvalue weighted by Crippen LogP contribution is -2.28. The highest BCUT2D eigenvalue weighted by atomic mass is 16.7. The van der Waals surface area contributed by atoms with Crippen LogP contribution in [0.1, 0.15) is 11.9 Å². The Labute approximate surface area is 95.5 Å². The van der Waals surface area contributed by atoms with E-state index in [-0.39, 0.29) is 6.29 Å². The second-order valence-electron chi connectivity index (χ2n) is 3.88. The maximum Gasteiger partial charge on any atom is 0.184 e. The van der Waals surface area contributed by atoms with Crippen molar-refractivity contribution >= 4 is 5.71 Å². The van der Waals surface area contributed by atoms with Crippen molar-refractivity contribution in [3.05, 3.63) is 35.9 Å². The Kier molecular flexibility index (Phi) is 3.54. The second kappa shape index (κ2) is 5.09. The van der Waals surface area contributed by atoms with Gasteiger partial charge in [0.2, 0.25) is 0 Å². The fraction of sp³-hybridized carbons (Fsp3) is 0.417. The van der Waals surface area contributed by atoms with Crippen LogP contribution in [0.2, 0.25) is 0 Å². The van der Waals surface area contributed by atoms with Gasteiger partial charge in [0.15, 0.2) is 6.29 Å². The minimum Gasteiger partial charge on any atom is -0.342 e. The number of hydrazone groups is 1. The van der Waals surface area contributed by atoms with Crippen LogP contribution in [-0.2, 0) is 9.47 Å². The molecule has 0 radical (unpaired) electrons. The number of ether oxygens (including phenoxy) is 2. The van der Waals surface area contributed by atoms with Crippen LogP contribution in [0.15, 0.2) is 35.4 Å². The zero-order chi connectivity index (χ0) is 11.4. The van der Waals surface area contributed by atoms with Crippen LogP contribution in [0.3, 0.4) is 0 Å². The maximum absolute atomic E-state index is 5.60. The minimum atomic E-state index is -0.262. The maximum atomic E-state index is 5.60. The lowest BCUT2D eigenvalue weighted by atomic mass is 10.2. The summed E-state index contributed by atoms with van der Waals surface area (Å²) in [6.45, 7) is 1.05. The van der Waals surface area contributed by atoms with Gasteiger partial charge >= 0.3 is 0 Å². The number of hydrogen-bond acceptors (Lipinski definition) is 4. The molecule has 0 spiro atoms. The van der Waals surface area contributed by atoms with E-state index in [0.29, 0.717) is 13.2 Å². The first-order valence-electron chi connectivity index (χ1n) is 5.27. The predicted octanol–water partition coefficient (Wildman–Crippen LogP) is 1.65. The molecule has 0 amide bonds. The SMILES string of the molecule is CN(C)N=C1COC(c2ccccc2)OC1. The first-order chi connectivity index (χ1) is 7.75. The molecule has 4 nitrogen and oxygen atoms in total. The lowest BCUT2D eigenvalue weighted by molar-refractivity contribution is -0.143. The molecule has 0 aromatic heterocycles. The monoisotopic (exact) mass is 220 g/mol. The largest absolute Gasteiger partial charge is 0.342 e. The third kappa shape index (κ3) is 2.81. The van der Waals surface area contributed by atoms with Crippen molar-refractivity contribution < 1.29 is 9.47 Å². The van der Waals surface area contributed by atoms with Crippen molar-refractivity contribution in [3.63, 3.8) is 0 Å². The fourth-order valence-corrected chi connectivity index (χ4v) is 1.58. The zero-order valence-corrected chi connectivity index (χ0v) is 9.59. The summed E-state index contributed by atoms with van der Waals surface area (Å²) < 4.78 is 11.2. The highest BCUT2D eigenvalue weighted by Gasteiger charge is 2.20. The number of rotatable bonds is 2. The van der Waals surface area contributed by atoms with Crippen LogP contribution in [-0.4, -0.2) is 38.0 Å². The number of benzene rings is 1. The molecule has 0 bridgehead atoms. The van der Waals surface area contributed by atoms with Gasteiger partial charge in [0.1, 0.15) is 0 Å². The van der Waals surface area contributed by atoms with E-state index in [1.807, 2.05) is 44.4 Å². The van der Waals surface area contributed by atoms with Gasteiger partial charge in [-0.25, -0.2) is 0 Å². The Morgan fingerprint density at radius 3 is 2.31 bits per heavy atom. The van der Waals surface area contributed by atoms with Gasteiger partial charge in [0.05, 0.1) is 18.9 Å². The molecule has 1 heterocycles. The average Bonchev–Trinajstić information content (AvgIpc) is 2.30. The van der Waals surface area contributed by atoms with Gasteiger partial charge in [-0.2, -0.15) is 5.10 Å². The molecule has 1 aromatic rings. The summed E-state index contributed by atoms with van der Waals surface area (Å²) in [6, 6.07) is 9.93. The van der Waals surface area contributed by atoms with Gasteiger partial charge in [0.25, 0.3) is 0 Å². The molecule has 0 aliphatic carbocycles. The predicted molar refractivity (Wildman–Crippen MR) is 62.2 cm³/mol. The third-order valence-corrected chi connectivity index (χ3v) is 2.22. The molecular weight excluding hydrogens is 204 g/mol. The number of nitrogens with zero attached hydrogens (tertiary/aromatic N) is 2. The van der Waals surface area contributed by atoms with Gasteiger partial charge in [-0.1, -0.05) is 30.3 Å². The third-order valence-electron chi connectivity index (χ3n) is 2.22. The Bertz CT molecular complexity index is 353. The first-order valence-corrected chi connectivity index (χ1v) is 5.27. The van der Waals surface area contributed by atoms with Gasteiger partial charge in [-0.15, -0.1) is 0 Å². The summed E-state index contributed by atoms with van der Waals surface area (Å²) >= 11 is 0. The van der Waals surface area contributed by atoms with Gasteiger partial charge < -0.3 is 14.5 Å². The van der Waals surface area contributed by atoms with Crippen molar-refractivity contribution in [3.8, 4) is 0 Å². The molecule has 4 heteroatoms. The summed E-state index contributed by atoms with van der Waals surface area (Å²) in [5.41, 5.74) is 1.96. The Morgan fingerprint density at radius 2 is 1.75 bits per heavy atom. The van der Waals surface area contributed by atoms with E-state index in [0.717, 1.165) is 11.3 Å². The van der Waals surface area contributed by atoms with E-state index >= 15 is 0 Å². The summed E-state index contributed by atoms with van der Waals surface area (Å²) in [5, 5.41) is 6.02. The molecule has 0 atom stereocenters. The topological polar surface area (TPSA) is 34.1 Å². The summed E-state index contributed by atoms with van der Waals surface area (Å²) in [6.07, 6.45) is -0.262. The minimum absolute atomic E-state index is 0.262. The standard InChI is InChI=1S/C12H16N2O2/c1-14(2)13-11-8-15-12(16-9-11)10-6-4-3-5-7-10/h3-7,12H,8-9H2,1-2H3. The van der Waals surface area contributed by atoms with Crippen molar-refractivity contribution in [2.45, 2.75) is 6.29 Å². The van der Waals surface area contributed by atoms with E-state index in [2.05, 4.69) is 5.10 Å². The molecule has 1 fully saturated rings. The van der Waals surface area contributed by atoms with Crippen LogP contribution < -0.4 is 0 Å². The molecule has 0 saturated carbocycles. The first kappa shape index (κ1) is 11.1. The molecule has 1 aliphatic rings. The molecule has 1 saturated heterocycles. The van der Waals surface area contributed by atoms with Crippen LogP contribution >= 0.6 is 0 Å². The summed E-state index contributed by atoms with van der Waals surface area (Å²) in [5.74, 6) is 0. The smallest absolute Gasteiger partial charge is 0.184 e. The molecule has 0 N–H and O–H groups in total. The van der Waals surface area contributed by atoms with Crippen LogP contribution in [0.5, 0.6) is 0 Å². The Balaban J connectivity index is 1.96. The lowest BCUT2D eigenvalue weighted by Gasteiger charge is -2.25. The van der Waals surface area contributed by atoms with Crippen LogP contribution in [0.25, 0.3) is 0 Å². The van der Waals surface area contributed by atoms with Crippen molar-refractivity contribution in [2.24, 2.45) is 5.10 Å². The average molecular weight is 220 g/mol. The highest BCUT2D eigenvalue weighted by Crippen LogP contribution is 2.21. The van der Waals surface area contributed by atoms with E-state index < -0.39 is 0 Å². The van der Waals surface area contributed by atoms with Gasteiger partial charge in [-0.3, -0.25) is 0 Å². The van der Waals surface area contributed by atoms with Crippen LogP contribution in [0.4, 0.5) is 0 Å². The quantitative estimate of drug-likeness (QED) is 0.711. The van der Waals surface area contributed by atoms with Gasteiger partial charge in [0, 0.05) is 19.7 Å². The van der Waals surface area contributed by atoms with Crippen molar-refractivity contribution in [2.75, 3.05) is 27.3 Å². The molecular formula is C12H16N2O2. The molecule has 2 rings (SSSR count). The molecule has 16 heavy (non-hydrogen) atoms. The van der Waals surface area contributed by atoms with Crippen molar-refractivity contribution in [1.82, 2.24) is 5.01 Å². The number of hydrogen-bond donors (Lipinski definition) is 0. The van der Waals surface area contributed by atoms with E-state index in [1.54, 1.807) is 5.01 Å². The Hall–Kier alpha value is -1.39. The Morgan fingerprint density at radius 1 is 1.12 bits per heavy atom. The molecule has 86 valence electrons. The molecule has 1 aromatic carbocycles. The zero-order valence-electron chi connectivity index (χ0n) is 9.59. The van der Waals surface area contributed by atoms with Crippen LogP contribution in [0, 0.1) is 0 Å². The van der Waals surface area contributed by atoms with E-state index in [1.165, 1.54) is 0 Å². The van der Waals surface area contributed by atoms with E-state index in [9.17, 15) is 0 Å². The van der Waals surface area contributed by atoms with Crippen molar-refractivity contribution in [1.29, 1.82) is 0 Å². The highest BCUT2D eigenvalue weighted by molar-refractivity contribution is 5.87. The molecule has 1 aliphatic heterocycles. The van der Waals surface area contributed by atoms with E-state index in [4.69, 9.17) is 9.47 Å². The normalized spacial score (nSPS) is 20.6. The second-order valence-corrected chi connectivity index (χ2v) is 3.88. The fourth-order valence-electron chi connectivity index (χ4n) is 1.58. The summed E-state index contributed by atoms with van der Waals surface area (Å²) in [7, 11) is 3.77.